The zero-order valence-electron chi connectivity index (χ0n) is 11.0. The zero-order valence-corrected chi connectivity index (χ0v) is 11.0. The van der Waals surface area contributed by atoms with E-state index in [1.54, 1.807) is 4.90 Å². The summed E-state index contributed by atoms with van der Waals surface area (Å²) in [6.45, 7) is 3.86. The van der Waals surface area contributed by atoms with Gasteiger partial charge in [-0.15, -0.1) is 0 Å². The van der Waals surface area contributed by atoms with Crippen molar-refractivity contribution in [1.82, 2.24) is 9.80 Å². The van der Waals surface area contributed by atoms with Crippen molar-refractivity contribution in [3.63, 3.8) is 0 Å². The third-order valence-corrected chi connectivity index (χ3v) is 3.99. The molecular formula is C13H17F3N2O2. The molecule has 112 valence electrons. The van der Waals surface area contributed by atoms with Crippen LogP contribution in [-0.2, 0) is 9.59 Å². The van der Waals surface area contributed by atoms with Crippen LogP contribution in [0.15, 0.2) is 12.7 Å². The summed E-state index contributed by atoms with van der Waals surface area (Å²) in [4.78, 5) is 26.3. The fraction of sp³-hybridized carbons (Fsp3) is 0.692. The quantitative estimate of drug-likeness (QED) is 0.722. The topological polar surface area (TPSA) is 40.6 Å². The minimum absolute atomic E-state index is 0.169. The molecule has 0 atom stereocenters. The second-order valence-electron chi connectivity index (χ2n) is 5.29. The number of nitrogens with zero attached hydrogens (tertiary/aromatic N) is 2. The van der Waals surface area contributed by atoms with E-state index in [1.807, 2.05) is 0 Å². The van der Waals surface area contributed by atoms with Crippen LogP contribution in [0.2, 0.25) is 0 Å². The van der Waals surface area contributed by atoms with Gasteiger partial charge in [-0.2, -0.15) is 13.2 Å². The normalized spacial score (nSPS) is 21.6. The Bertz CT molecular complexity index is 408. The van der Waals surface area contributed by atoms with Gasteiger partial charge in [0.1, 0.15) is 0 Å². The average molecular weight is 290 g/mol. The molecule has 0 N–H and O–H groups in total. The first-order valence-corrected chi connectivity index (χ1v) is 6.59. The summed E-state index contributed by atoms with van der Waals surface area (Å²) in [5, 5.41) is 0. The summed E-state index contributed by atoms with van der Waals surface area (Å²) in [5.74, 6) is -2.03. The molecule has 0 aromatic heterocycles. The Morgan fingerprint density at radius 3 is 2.10 bits per heavy atom. The molecule has 4 nitrogen and oxygen atoms in total. The van der Waals surface area contributed by atoms with Crippen molar-refractivity contribution < 1.29 is 22.8 Å². The number of amides is 2. The van der Waals surface area contributed by atoms with Crippen molar-refractivity contribution in [3.8, 4) is 0 Å². The lowest BCUT2D eigenvalue weighted by atomic mass is 9.91. The maximum absolute atomic E-state index is 12.4. The third kappa shape index (κ3) is 2.96. The summed E-state index contributed by atoms with van der Waals surface area (Å²) in [6, 6.07) is 0. The van der Waals surface area contributed by atoms with Gasteiger partial charge in [0.15, 0.2) is 0 Å². The monoisotopic (exact) mass is 290 g/mol. The Morgan fingerprint density at radius 2 is 1.65 bits per heavy atom. The molecule has 2 rings (SSSR count). The first kappa shape index (κ1) is 14.9. The first-order valence-electron chi connectivity index (χ1n) is 6.59. The van der Waals surface area contributed by atoms with Gasteiger partial charge in [-0.3, -0.25) is 9.59 Å². The van der Waals surface area contributed by atoms with Crippen LogP contribution >= 0.6 is 0 Å². The number of piperidine rings is 1. The van der Waals surface area contributed by atoms with E-state index in [0.717, 1.165) is 0 Å². The lowest BCUT2D eigenvalue weighted by molar-refractivity contribution is -0.211. The minimum atomic E-state index is -4.21. The molecule has 0 bridgehead atoms. The first-order chi connectivity index (χ1) is 9.32. The van der Waals surface area contributed by atoms with Gasteiger partial charge in [0.25, 0.3) is 0 Å². The van der Waals surface area contributed by atoms with Crippen molar-refractivity contribution in [2.24, 2.45) is 11.8 Å². The molecule has 0 aliphatic carbocycles. The molecule has 0 radical (unpaired) electrons. The van der Waals surface area contributed by atoms with Gasteiger partial charge in [-0.05, 0) is 18.9 Å². The predicted octanol–water partition coefficient (Wildman–Crippen LogP) is 1.43. The molecule has 2 fully saturated rings. The molecule has 2 aliphatic heterocycles. The molecule has 0 aromatic carbocycles. The maximum Gasteiger partial charge on any atom is 0.395 e. The van der Waals surface area contributed by atoms with Crippen LogP contribution in [-0.4, -0.2) is 54.0 Å². The Labute approximate surface area is 115 Å². The van der Waals surface area contributed by atoms with E-state index in [1.165, 1.54) is 11.0 Å². The third-order valence-electron chi connectivity index (χ3n) is 3.99. The fourth-order valence-electron chi connectivity index (χ4n) is 2.60. The van der Waals surface area contributed by atoms with Crippen molar-refractivity contribution >= 4 is 11.8 Å². The van der Waals surface area contributed by atoms with E-state index in [2.05, 4.69) is 6.58 Å². The molecule has 2 saturated heterocycles. The zero-order chi connectivity index (χ0) is 14.9. The molecule has 0 aromatic rings. The van der Waals surface area contributed by atoms with Crippen molar-refractivity contribution in [3.05, 3.63) is 12.7 Å². The highest BCUT2D eigenvalue weighted by Crippen LogP contribution is 2.35. The van der Waals surface area contributed by atoms with Crippen molar-refractivity contribution in [1.29, 1.82) is 0 Å². The van der Waals surface area contributed by atoms with E-state index < -0.39 is 12.1 Å². The van der Waals surface area contributed by atoms with Gasteiger partial charge in [0, 0.05) is 32.1 Å². The number of hydrogen-bond donors (Lipinski definition) is 0. The van der Waals surface area contributed by atoms with Crippen LogP contribution in [0.4, 0.5) is 13.2 Å². The Hall–Kier alpha value is -1.53. The summed E-state index contributed by atoms with van der Waals surface area (Å²) >= 11 is 0. The largest absolute Gasteiger partial charge is 0.395 e. The highest BCUT2D eigenvalue weighted by molar-refractivity contribution is 5.87. The molecule has 2 heterocycles. The average Bonchev–Trinajstić information content (AvgIpc) is 2.34. The Kier molecular flexibility index (Phi) is 4.06. The van der Waals surface area contributed by atoms with Crippen LogP contribution in [0.25, 0.3) is 0 Å². The van der Waals surface area contributed by atoms with Crippen LogP contribution < -0.4 is 0 Å². The molecular weight excluding hydrogens is 273 g/mol. The predicted molar refractivity (Wildman–Crippen MR) is 65.6 cm³/mol. The SMILES string of the molecule is C=CC(=O)N1CCC(C(=O)N2CC(C(F)(F)F)C2)CC1. The van der Waals surface area contributed by atoms with Crippen molar-refractivity contribution in [2.45, 2.75) is 19.0 Å². The van der Waals surface area contributed by atoms with Gasteiger partial charge in [0.05, 0.1) is 5.92 Å². The Balaban J connectivity index is 1.79. The number of carbonyl (C=O) groups excluding carboxylic acids is 2. The fourth-order valence-corrected chi connectivity index (χ4v) is 2.60. The van der Waals surface area contributed by atoms with Crippen LogP contribution in [0.1, 0.15) is 12.8 Å². The van der Waals surface area contributed by atoms with E-state index >= 15 is 0 Å². The van der Waals surface area contributed by atoms with E-state index in [-0.39, 0.29) is 30.8 Å². The number of carbonyl (C=O) groups is 2. The number of likely N-dealkylation sites (tertiary alicyclic amines) is 2. The molecule has 0 unspecified atom stereocenters. The number of hydrogen-bond acceptors (Lipinski definition) is 2. The molecule has 0 spiro atoms. The number of alkyl halides is 3. The standard InChI is InChI=1S/C13H17F3N2O2/c1-2-11(19)17-5-3-9(4-6-17)12(20)18-7-10(8-18)13(14,15)16/h2,9-10H,1,3-8H2. The number of rotatable bonds is 2. The maximum atomic E-state index is 12.4. The van der Waals surface area contributed by atoms with E-state index in [4.69, 9.17) is 0 Å². The van der Waals surface area contributed by atoms with Crippen LogP contribution in [0.5, 0.6) is 0 Å². The van der Waals surface area contributed by atoms with Gasteiger partial charge in [-0.25, -0.2) is 0 Å². The summed E-state index contributed by atoms with van der Waals surface area (Å²) in [7, 11) is 0. The molecule has 7 heteroatoms. The second kappa shape index (κ2) is 5.46. The summed E-state index contributed by atoms with van der Waals surface area (Å²) in [5.41, 5.74) is 0. The van der Waals surface area contributed by atoms with Gasteiger partial charge >= 0.3 is 6.18 Å². The van der Waals surface area contributed by atoms with E-state index in [0.29, 0.717) is 25.9 Å². The smallest absolute Gasteiger partial charge is 0.341 e. The van der Waals surface area contributed by atoms with Crippen LogP contribution in [0.3, 0.4) is 0 Å². The molecule has 0 saturated carbocycles. The molecule has 20 heavy (non-hydrogen) atoms. The molecule has 2 aliphatic rings. The lowest BCUT2D eigenvalue weighted by Gasteiger charge is -2.43. The van der Waals surface area contributed by atoms with Gasteiger partial charge in [0.2, 0.25) is 11.8 Å². The highest BCUT2D eigenvalue weighted by Gasteiger charge is 2.49. The van der Waals surface area contributed by atoms with Gasteiger partial charge < -0.3 is 9.80 Å². The lowest BCUT2D eigenvalue weighted by Crippen LogP contribution is -2.57. The minimum Gasteiger partial charge on any atom is -0.341 e. The van der Waals surface area contributed by atoms with Crippen molar-refractivity contribution in [2.75, 3.05) is 26.2 Å². The Morgan fingerprint density at radius 1 is 1.10 bits per heavy atom. The number of halogens is 3. The molecule has 2 amide bonds. The summed E-state index contributed by atoms with van der Waals surface area (Å²) < 4.78 is 37.1. The second-order valence-corrected chi connectivity index (χ2v) is 5.29. The summed E-state index contributed by atoms with van der Waals surface area (Å²) in [6.07, 6.45) is -1.97. The highest BCUT2D eigenvalue weighted by atomic mass is 19.4. The van der Waals surface area contributed by atoms with Gasteiger partial charge in [-0.1, -0.05) is 6.58 Å². The van der Waals surface area contributed by atoms with Crippen LogP contribution in [0, 0.1) is 11.8 Å². The van der Waals surface area contributed by atoms with E-state index in [9.17, 15) is 22.8 Å².